The van der Waals surface area contributed by atoms with Crippen LogP contribution in [0.4, 0.5) is 0 Å². The minimum Gasteiger partial charge on any atom is -0.494 e. The third-order valence-electron chi connectivity index (χ3n) is 7.18. The van der Waals surface area contributed by atoms with Crippen molar-refractivity contribution in [2.45, 2.75) is 74.2 Å². The Labute approximate surface area is 213 Å². The molecule has 2 aliphatic rings. The van der Waals surface area contributed by atoms with Crippen molar-refractivity contribution in [1.82, 2.24) is 13.9 Å². The molecule has 2 fully saturated rings. The van der Waals surface area contributed by atoms with Gasteiger partial charge < -0.3 is 9.30 Å². The van der Waals surface area contributed by atoms with Gasteiger partial charge in [0.05, 0.1) is 22.5 Å². The van der Waals surface area contributed by atoms with Crippen LogP contribution >= 0.6 is 11.8 Å². The fourth-order valence-corrected chi connectivity index (χ4v) is 8.00. The monoisotopic (exact) mass is 513 g/mol. The first-order chi connectivity index (χ1) is 17.0. The number of hydrogen-bond donors (Lipinski definition) is 0. The lowest BCUT2D eigenvalue weighted by Gasteiger charge is -2.30. The highest BCUT2D eigenvalue weighted by molar-refractivity contribution is 7.98. The van der Waals surface area contributed by atoms with E-state index < -0.39 is 10.0 Å². The van der Waals surface area contributed by atoms with Crippen LogP contribution in [-0.2, 0) is 15.8 Å². The molecule has 0 radical (unpaired) electrons. The summed E-state index contributed by atoms with van der Waals surface area (Å²) in [6, 6.07) is 14.2. The lowest BCUT2D eigenvalue weighted by atomic mass is 10.0. The number of benzene rings is 2. The molecular formula is C27H35N3O3S2. The maximum atomic E-state index is 13.4. The number of hydrogen-bond acceptors (Lipinski definition) is 5. The van der Waals surface area contributed by atoms with Crippen molar-refractivity contribution in [2.24, 2.45) is 5.92 Å². The number of aromatic nitrogens is 2. The van der Waals surface area contributed by atoms with Crippen molar-refractivity contribution in [3.8, 4) is 5.75 Å². The second-order valence-electron chi connectivity index (χ2n) is 9.83. The number of nitrogens with zero attached hydrogens (tertiary/aromatic N) is 3. The number of fused-ring (bicyclic) bond motifs is 1. The van der Waals surface area contributed by atoms with Gasteiger partial charge >= 0.3 is 0 Å². The fourth-order valence-electron chi connectivity index (χ4n) is 5.34. The van der Waals surface area contributed by atoms with Crippen molar-refractivity contribution in [3.63, 3.8) is 0 Å². The van der Waals surface area contributed by atoms with Crippen molar-refractivity contribution in [3.05, 3.63) is 48.0 Å². The first-order valence-electron chi connectivity index (χ1n) is 12.8. The fraction of sp³-hybridized carbons (Fsp3) is 0.519. The first kappa shape index (κ1) is 24.7. The lowest BCUT2D eigenvalue weighted by molar-refractivity contribution is 0.281. The zero-order valence-corrected chi connectivity index (χ0v) is 22.3. The van der Waals surface area contributed by atoms with Gasteiger partial charge in [0.15, 0.2) is 5.16 Å². The number of thioether (sulfide) groups is 1. The summed E-state index contributed by atoms with van der Waals surface area (Å²) in [5, 5.41) is 0.974. The highest BCUT2D eigenvalue weighted by Crippen LogP contribution is 2.38. The molecule has 35 heavy (non-hydrogen) atoms. The molecule has 0 N–H and O–H groups in total. The van der Waals surface area contributed by atoms with E-state index in [9.17, 15) is 8.42 Å². The van der Waals surface area contributed by atoms with Gasteiger partial charge in [-0.1, -0.05) is 43.7 Å². The van der Waals surface area contributed by atoms with Crippen LogP contribution < -0.4 is 4.74 Å². The summed E-state index contributed by atoms with van der Waals surface area (Å²) in [5.41, 5.74) is 3.03. The van der Waals surface area contributed by atoms with Gasteiger partial charge in [0, 0.05) is 24.9 Å². The SMILES string of the molecule is CCOc1ccc(CSc2nc3cc(S(=O)(=O)N4CCC[C@H](C)C4)ccc3n2C2CCCC2)cc1. The zero-order chi connectivity index (χ0) is 24.4. The number of rotatable bonds is 8. The molecule has 2 heterocycles. The summed E-state index contributed by atoms with van der Waals surface area (Å²) in [5.74, 6) is 2.09. The van der Waals surface area contributed by atoms with Gasteiger partial charge in [0.1, 0.15) is 5.75 Å². The Hall–Kier alpha value is -2.03. The second-order valence-corrected chi connectivity index (χ2v) is 12.7. The van der Waals surface area contributed by atoms with Gasteiger partial charge in [-0.05, 0) is 74.4 Å². The molecule has 1 aliphatic carbocycles. The molecule has 2 aromatic carbocycles. The topological polar surface area (TPSA) is 64.4 Å². The molecule has 3 aromatic rings. The molecule has 6 nitrogen and oxygen atoms in total. The minimum absolute atomic E-state index is 0.359. The Morgan fingerprint density at radius 1 is 1.06 bits per heavy atom. The molecule has 0 amide bonds. The van der Waals surface area contributed by atoms with E-state index in [2.05, 4.69) is 23.6 Å². The number of sulfonamides is 1. The molecule has 0 unspecified atom stereocenters. The van der Waals surface area contributed by atoms with Crippen molar-refractivity contribution in [2.75, 3.05) is 19.7 Å². The first-order valence-corrected chi connectivity index (χ1v) is 15.2. The molecule has 1 aliphatic heterocycles. The Bertz CT molecular complexity index is 1260. The maximum Gasteiger partial charge on any atom is 0.243 e. The summed E-state index contributed by atoms with van der Waals surface area (Å²) in [6.07, 6.45) is 6.76. The van der Waals surface area contributed by atoms with Crippen molar-refractivity contribution in [1.29, 1.82) is 0 Å². The van der Waals surface area contributed by atoms with E-state index in [4.69, 9.17) is 9.72 Å². The molecule has 1 atom stereocenters. The molecular weight excluding hydrogens is 478 g/mol. The molecule has 0 spiro atoms. The second kappa shape index (κ2) is 10.5. The summed E-state index contributed by atoms with van der Waals surface area (Å²) in [7, 11) is -3.51. The number of imidazole rings is 1. The average molecular weight is 514 g/mol. The molecule has 1 aromatic heterocycles. The van der Waals surface area contributed by atoms with E-state index in [1.165, 1.54) is 18.4 Å². The minimum atomic E-state index is -3.51. The standard InChI is InChI=1S/C27H35N3O3S2/c1-3-33-23-12-10-21(11-13-23)19-34-27-28-25-17-24(35(31,32)29-16-6-7-20(2)18-29)14-15-26(25)30(27)22-8-4-5-9-22/h10-15,17,20,22H,3-9,16,18-19H2,1-2H3/t20-/m0/s1. The lowest BCUT2D eigenvalue weighted by Crippen LogP contribution is -2.39. The smallest absolute Gasteiger partial charge is 0.243 e. The Morgan fingerprint density at radius 3 is 2.54 bits per heavy atom. The predicted molar refractivity (Wildman–Crippen MR) is 142 cm³/mol. The van der Waals surface area contributed by atoms with E-state index in [1.807, 2.05) is 25.1 Å². The number of piperidine rings is 1. The largest absolute Gasteiger partial charge is 0.494 e. The third kappa shape index (κ3) is 5.25. The average Bonchev–Trinajstić information content (AvgIpc) is 3.51. The van der Waals surface area contributed by atoms with Crippen molar-refractivity contribution < 1.29 is 13.2 Å². The Balaban J connectivity index is 1.44. The van der Waals surface area contributed by atoms with E-state index in [0.717, 1.165) is 53.4 Å². The molecule has 0 bridgehead atoms. The Kier molecular flexibility index (Phi) is 7.42. The van der Waals surface area contributed by atoms with Crippen molar-refractivity contribution >= 4 is 32.8 Å². The van der Waals surface area contributed by atoms with E-state index in [1.54, 1.807) is 28.2 Å². The van der Waals surface area contributed by atoms with Crippen LogP contribution in [0.25, 0.3) is 11.0 Å². The van der Waals surface area contributed by atoms with Crippen LogP contribution in [0, 0.1) is 5.92 Å². The van der Waals surface area contributed by atoms with E-state index >= 15 is 0 Å². The maximum absolute atomic E-state index is 13.4. The zero-order valence-electron chi connectivity index (χ0n) is 20.7. The molecule has 1 saturated carbocycles. The van der Waals surface area contributed by atoms with Gasteiger partial charge in [-0.3, -0.25) is 0 Å². The molecule has 1 saturated heterocycles. The summed E-state index contributed by atoms with van der Waals surface area (Å²) < 4.78 is 36.3. The van der Waals surface area contributed by atoms with Crippen LogP contribution in [0.1, 0.15) is 64.0 Å². The third-order valence-corrected chi connectivity index (χ3v) is 10.1. The number of ether oxygens (including phenoxy) is 1. The molecule has 8 heteroatoms. The molecule has 5 rings (SSSR count). The highest BCUT2D eigenvalue weighted by Gasteiger charge is 2.30. The van der Waals surface area contributed by atoms with Gasteiger partial charge in [-0.25, -0.2) is 13.4 Å². The quantitative estimate of drug-likeness (QED) is 0.333. The predicted octanol–water partition coefficient (Wildman–Crippen LogP) is 6.26. The van der Waals surface area contributed by atoms with Gasteiger partial charge in [-0.15, -0.1) is 0 Å². The highest BCUT2D eigenvalue weighted by atomic mass is 32.2. The van der Waals surface area contributed by atoms with Crippen LogP contribution in [0.15, 0.2) is 52.5 Å². The Morgan fingerprint density at radius 2 is 1.83 bits per heavy atom. The summed E-state index contributed by atoms with van der Waals surface area (Å²) >= 11 is 1.72. The summed E-state index contributed by atoms with van der Waals surface area (Å²) in [4.78, 5) is 5.33. The van der Waals surface area contributed by atoms with Gasteiger partial charge in [0.2, 0.25) is 10.0 Å². The van der Waals surface area contributed by atoms with Gasteiger partial charge in [0.25, 0.3) is 0 Å². The van der Waals surface area contributed by atoms with Crippen LogP contribution in [0.2, 0.25) is 0 Å². The van der Waals surface area contributed by atoms with Gasteiger partial charge in [-0.2, -0.15) is 4.31 Å². The van der Waals surface area contributed by atoms with E-state index in [-0.39, 0.29) is 0 Å². The van der Waals surface area contributed by atoms with Crippen LogP contribution in [0.3, 0.4) is 0 Å². The van der Waals surface area contributed by atoms with Crippen LogP contribution in [0.5, 0.6) is 5.75 Å². The van der Waals surface area contributed by atoms with Crippen LogP contribution in [-0.4, -0.2) is 42.0 Å². The summed E-state index contributed by atoms with van der Waals surface area (Å²) in [6.45, 7) is 5.97. The van der Waals surface area contributed by atoms with E-state index in [0.29, 0.717) is 36.6 Å². The normalized spacial score (nSPS) is 20.0. The molecule has 188 valence electrons.